The fraction of sp³-hybridized carbons (Fsp3) is 0.304. The van der Waals surface area contributed by atoms with Crippen molar-refractivity contribution in [3.63, 3.8) is 0 Å². The normalized spacial score (nSPS) is 27.6. The molecule has 0 radical (unpaired) electrons. The number of aliphatic imine (C=N–C) groups is 1. The monoisotopic (exact) mass is 534 g/mol. The highest BCUT2D eigenvalue weighted by Gasteiger charge is 2.48. The highest BCUT2D eigenvalue weighted by atomic mass is 35.5. The van der Waals surface area contributed by atoms with Gasteiger partial charge in [-0.1, -0.05) is 41.4 Å². The number of benzene rings is 2. The maximum absolute atomic E-state index is 11.6. The van der Waals surface area contributed by atoms with Crippen LogP contribution in [-0.4, -0.2) is 77.6 Å². The average molecular weight is 535 g/mol. The van der Waals surface area contributed by atoms with Gasteiger partial charge in [-0.05, 0) is 31.2 Å². The number of aliphatic hydroxyl groups is 3. The molecule has 2 aliphatic heterocycles. The summed E-state index contributed by atoms with van der Waals surface area (Å²) in [6, 6.07) is 12.2. The fourth-order valence-corrected chi connectivity index (χ4v) is 4.62. The van der Waals surface area contributed by atoms with Crippen LogP contribution in [0.15, 0.2) is 47.5 Å². The van der Waals surface area contributed by atoms with Crippen LogP contribution in [0.3, 0.4) is 0 Å². The molecule has 3 heterocycles. The van der Waals surface area contributed by atoms with E-state index in [4.69, 9.17) is 37.7 Å². The Morgan fingerprint density at radius 1 is 1.03 bits per heavy atom. The highest BCUT2D eigenvalue weighted by Crippen LogP contribution is 2.36. The zero-order chi connectivity index (χ0) is 25.7. The van der Waals surface area contributed by atoms with Gasteiger partial charge in [0.15, 0.2) is 18.2 Å². The van der Waals surface area contributed by atoms with Gasteiger partial charge in [0.2, 0.25) is 6.23 Å². The molecule has 36 heavy (non-hydrogen) atoms. The van der Waals surface area contributed by atoms with Gasteiger partial charge in [0.1, 0.15) is 24.1 Å². The molecule has 1 fully saturated rings. The molecular formula is C23H20Cl2N4O7. The number of carboxylic acids is 1. The first-order valence-corrected chi connectivity index (χ1v) is 11.6. The van der Waals surface area contributed by atoms with Crippen molar-refractivity contribution in [2.45, 2.75) is 43.9 Å². The third kappa shape index (κ3) is 4.18. The number of halogens is 2. The minimum atomic E-state index is -1.87. The minimum absolute atomic E-state index is 0.196. The van der Waals surface area contributed by atoms with Gasteiger partial charge in [-0.15, -0.1) is 10.2 Å². The van der Waals surface area contributed by atoms with Crippen molar-refractivity contribution in [2.24, 2.45) is 4.99 Å². The predicted molar refractivity (Wildman–Crippen MR) is 126 cm³/mol. The van der Waals surface area contributed by atoms with Crippen molar-refractivity contribution in [2.75, 3.05) is 0 Å². The molecule has 0 unspecified atom stereocenters. The van der Waals surface area contributed by atoms with Crippen molar-refractivity contribution >= 4 is 34.9 Å². The second kappa shape index (κ2) is 9.52. The van der Waals surface area contributed by atoms with Crippen LogP contribution < -0.4 is 0 Å². The van der Waals surface area contributed by atoms with Crippen molar-refractivity contribution in [3.05, 3.63) is 75.3 Å². The Kier molecular flexibility index (Phi) is 6.55. The Balaban J connectivity index is 1.66. The molecule has 13 heteroatoms. The van der Waals surface area contributed by atoms with Gasteiger partial charge in [-0.3, -0.25) is 4.57 Å². The first-order valence-electron chi connectivity index (χ1n) is 10.8. The quantitative estimate of drug-likeness (QED) is 0.390. The Morgan fingerprint density at radius 3 is 2.50 bits per heavy atom. The maximum Gasteiger partial charge on any atom is 0.335 e. The lowest BCUT2D eigenvalue weighted by Gasteiger charge is -2.39. The lowest BCUT2D eigenvalue weighted by atomic mass is 9.99. The van der Waals surface area contributed by atoms with Crippen LogP contribution in [0.5, 0.6) is 0 Å². The summed E-state index contributed by atoms with van der Waals surface area (Å²) in [4.78, 5) is 16.3. The van der Waals surface area contributed by atoms with Crippen LogP contribution in [0.4, 0.5) is 0 Å². The van der Waals surface area contributed by atoms with E-state index >= 15 is 0 Å². The lowest BCUT2D eigenvalue weighted by molar-refractivity contribution is -0.305. The number of fused-ring (bicyclic) bond motifs is 3. The largest absolute Gasteiger partial charge is 0.479 e. The average Bonchev–Trinajstić information content (AvgIpc) is 3.17. The Bertz CT molecular complexity index is 1360. The van der Waals surface area contributed by atoms with Gasteiger partial charge >= 0.3 is 5.97 Å². The molecule has 0 bridgehead atoms. The SMILES string of the molecule is Cc1nnc2n1-c1ccc(Cl)cc1C(c1ccccc1Cl)=N[C@@H]2O[C@H]1O[C@@H](C(=O)O)[C@H](O)[C@@H](O)[C@H]1O. The molecule has 0 aliphatic carbocycles. The number of aliphatic hydroxyl groups excluding tert-OH is 3. The summed E-state index contributed by atoms with van der Waals surface area (Å²) in [6.07, 6.45) is -10.3. The van der Waals surface area contributed by atoms with E-state index in [1.807, 2.05) is 0 Å². The van der Waals surface area contributed by atoms with Gasteiger partial charge in [-0.25, -0.2) is 9.79 Å². The van der Waals surface area contributed by atoms with Crippen molar-refractivity contribution in [1.29, 1.82) is 0 Å². The van der Waals surface area contributed by atoms with Crippen LogP contribution in [-0.2, 0) is 14.3 Å². The van der Waals surface area contributed by atoms with E-state index < -0.39 is 42.9 Å². The maximum atomic E-state index is 11.6. The predicted octanol–water partition coefficient (Wildman–Crippen LogP) is 1.64. The van der Waals surface area contributed by atoms with Crippen LogP contribution in [0.25, 0.3) is 5.69 Å². The second-order valence-corrected chi connectivity index (χ2v) is 9.13. The number of ether oxygens (including phenoxy) is 2. The second-order valence-electron chi connectivity index (χ2n) is 8.28. The summed E-state index contributed by atoms with van der Waals surface area (Å²) >= 11 is 12.8. The number of hydrogen-bond donors (Lipinski definition) is 4. The molecule has 0 saturated carbocycles. The number of aliphatic carboxylic acids is 1. The van der Waals surface area contributed by atoms with E-state index in [0.717, 1.165) is 0 Å². The smallest absolute Gasteiger partial charge is 0.335 e. The van der Waals surface area contributed by atoms with Crippen molar-refractivity contribution in [1.82, 2.24) is 14.8 Å². The molecule has 1 aromatic heterocycles. The van der Waals surface area contributed by atoms with Crippen LogP contribution in [0.2, 0.25) is 10.0 Å². The molecule has 0 amide bonds. The van der Waals surface area contributed by atoms with Gasteiger partial charge in [0.05, 0.1) is 11.4 Å². The molecule has 0 spiro atoms. The molecular weight excluding hydrogens is 515 g/mol. The van der Waals surface area contributed by atoms with Gasteiger partial charge < -0.3 is 29.9 Å². The molecule has 188 valence electrons. The molecule has 5 rings (SSSR count). The summed E-state index contributed by atoms with van der Waals surface area (Å²) < 4.78 is 12.9. The first-order chi connectivity index (χ1) is 17.2. The molecule has 2 aliphatic rings. The summed E-state index contributed by atoms with van der Waals surface area (Å²) in [5.74, 6) is -0.854. The van der Waals surface area contributed by atoms with E-state index in [9.17, 15) is 25.2 Å². The molecule has 6 atom stereocenters. The zero-order valence-electron chi connectivity index (χ0n) is 18.6. The highest BCUT2D eigenvalue weighted by molar-refractivity contribution is 6.36. The number of aromatic nitrogens is 3. The number of aryl methyl sites for hydroxylation is 1. The molecule has 11 nitrogen and oxygen atoms in total. The third-order valence-electron chi connectivity index (χ3n) is 5.98. The molecule has 4 N–H and O–H groups in total. The van der Waals surface area contributed by atoms with Crippen molar-refractivity contribution < 1.29 is 34.7 Å². The minimum Gasteiger partial charge on any atom is -0.479 e. The van der Waals surface area contributed by atoms with Crippen LogP contribution in [0, 0.1) is 6.92 Å². The van der Waals surface area contributed by atoms with Gasteiger partial charge in [-0.2, -0.15) is 0 Å². The molecule has 3 aromatic rings. The molecule has 2 aromatic carbocycles. The fourth-order valence-electron chi connectivity index (χ4n) is 4.22. The van der Waals surface area contributed by atoms with E-state index in [2.05, 4.69) is 10.2 Å². The number of rotatable bonds is 4. The number of carbonyl (C=O) groups is 1. The zero-order valence-corrected chi connectivity index (χ0v) is 20.1. The third-order valence-corrected chi connectivity index (χ3v) is 6.54. The van der Waals surface area contributed by atoms with E-state index in [0.29, 0.717) is 38.4 Å². The van der Waals surface area contributed by atoms with E-state index in [-0.39, 0.29) is 5.82 Å². The summed E-state index contributed by atoms with van der Waals surface area (Å²) in [6.45, 7) is 1.72. The Hall–Kier alpha value is -2.90. The number of nitrogens with zero attached hydrogens (tertiary/aromatic N) is 4. The Labute approximate surface area is 214 Å². The summed E-state index contributed by atoms with van der Waals surface area (Å²) in [7, 11) is 0. The number of carboxylic acid groups (broad SMARTS) is 1. The summed E-state index contributed by atoms with van der Waals surface area (Å²) in [5, 5.41) is 49.3. The van der Waals surface area contributed by atoms with Gasteiger partial charge in [0, 0.05) is 21.2 Å². The standard InChI is InChI=1S/C23H20Cl2N4O7/c1-9-27-28-20-21(36-23-18(32)16(30)17(31)19(35-23)22(33)34)26-15(11-4-2-3-5-13(11)25)12-8-10(24)6-7-14(12)29(9)20/h2-8,16-19,21,23,30-32H,1H3,(H,33,34)/t16-,17-,18-,19-,21-,23-/m1/s1. The van der Waals surface area contributed by atoms with Crippen LogP contribution >= 0.6 is 23.2 Å². The first kappa shape index (κ1) is 24.8. The molecule has 1 saturated heterocycles. The number of hydrogen-bond acceptors (Lipinski definition) is 9. The lowest BCUT2D eigenvalue weighted by Crippen LogP contribution is -2.60. The van der Waals surface area contributed by atoms with E-state index in [1.165, 1.54) is 0 Å². The van der Waals surface area contributed by atoms with Gasteiger partial charge in [0.25, 0.3) is 0 Å². The van der Waals surface area contributed by atoms with Crippen LogP contribution in [0.1, 0.15) is 29.0 Å². The van der Waals surface area contributed by atoms with Crippen molar-refractivity contribution in [3.8, 4) is 5.69 Å². The van der Waals surface area contributed by atoms with E-state index in [1.54, 1.807) is 54.0 Å². The topological polar surface area (TPSA) is 160 Å². The summed E-state index contributed by atoms with van der Waals surface area (Å²) in [5.41, 5.74) is 2.16. The Morgan fingerprint density at radius 2 is 1.78 bits per heavy atom.